The molecule has 1 fully saturated rings. The molecule has 0 N–H and O–H groups in total. The third kappa shape index (κ3) is 3.20. The van der Waals surface area contributed by atoms with Crippen LogP contribution >= 0.6 is 0 Å². The van der Waals surface area contributed by atoms with Gasteiger partial charge in [-0.1, -0.05) is 0 Å². The van der Waals surface area contributed by atoms with Gasteiger partial charge < -0.3 is 14.1 Å². The van der Waals surface area contributed by atoms with E-state index in [9.17, 15) is 9.59 Å². The highest BCUT2D eigenvalue weighted by Gasteiger charge is 2.29. The Hall–Kier alpha value is -2.56. The van der Waals surface area contributed by atoms with Gasteiger partial charge in [0.15, 0.2) is 11.5 Å². The molecule has 3 rings (SSSR count). The number of piperidine rings is 1. The number of carbonyl (C=O) groups is 2. The first kappa shape index (κ1) is 16.3. The number of carbonyl (C=O) groups excluding carboxylic acids is 2. The van der Waals surface area contributed by atoms with Crippen molar-refractivity contribution in [3.63, 3.8) is 0 Å². The van der Waals surface area contributed by atoms with Crippen molar-refractivity contribution < 1.29 is 18.7 Å². The molecule has 1 aliphatic rings. The van der Waals surface area contributed by atoms with Gasteiger partial charge in [-0.3, -0.25) is 9.59 Å². The summed E-state index contributed by atoms with van der Waals surface area (Å²) in [6.45, 7) is 3.08. The van der Waals surface area contributed by atoms with E-state index in [1.165, 1.54) is 6.26 Å². The van der Waals surface area contributed by atoms with Crippen LogP contribution in [-0.2, 0) is 0 Å². The van der Waals surface area contributed by atoms with Crippen molar-refractivity contribution in [2.75, 3.05) is 20.2 Å². The van der Waals surface area contributed by atoms with Crippen molar-refractivity contribution in [2.24, 2.45) is 5.92 Å². The molecule has 1 aliphatic heterocycles. The Balaban J connectivity index is 1.63. The van der Waals surface area contributed by atoms with Crippen molar-refractivity contribution in [2.45, 2.75) is 19.8 Å². The Labute approximate surface area is 141 Å². The van der Waals surface area contributed by atoms with Crippen LogP contribution in [0.15, 0.2) is 41.0 Å². The first-order valence-corrected chi connectivity index (χ1v) is 8.12. The smallest absolute Gasteiger partial charge is 0.289 e. The summed E-state index contributed by atoms with van der Waals surface area (Å²) in [6, 6.07) is 8.89. The maximum atomic E-state index is 12.7. The minimum atomic E-state index is -0.105. The predicted molar refractivity (Wildman–Crippen MR) is 89.4 cm³/mol. The second-order valence-electron chi connectivity index (χ2n) is 6.09. The Morgan fingerprint density at radius 2 is 1.96 bits per heavy atom. The van der Waals surface area contributed by atoms with Gasteiger partial charge in [-0.25, -0.2) is 0 Å². The number of ether oxygens (including phenoxy) is 1. The minimum absolute atomic E-state index is 0.0431. The Bertz CT molecular complexity index is 728. The molecule has 1 aromatic heterocycles. The number of likely N-dealkylation sites (tertiary alicyclic amines) is 1. The van der Waals surface area contributed by atoms with Gasteiger partial charge in [-0.15, -0.1) is 0 Å². The molecule has 5 heteroatoms. The number of Topliss-reactive ketones (excluding diaryl/α,β-unsaturated/α-hetero) is 1. The number of benzene rings is 1. The molecule has 0 radical (unpaired) electrons. The maximum Gasteiger partial charge on any atom is 0.289 e. The lowest BCUT2D eigenvalue weighted by Crippen LogP contribution is -2.40. The quantitative estimate of drug-likeness (QED) is 0.808. The van der Waals surface area contributed by atoms with Crippen LogP contribution in [0.1, 0.15) is 39.3 Å². The lowest BCUT2D eigenvalue weighted by Gasteiger charge is -2.30. The van der Waals surface area contributed by atoms with Crippen LogP contribution in [0.5, 0.6) is 5.75 Å². The molecule has 0 bridgehead atoms. The second kappa shape index (κ2) is 6.91. The average Bonchev–Trinajstić information content (AvgIpc) is 3.15. The summed E-state index contributed by atoms with van der Waals surface area (Å²) in [7, 11) is 1.62. The van der Waals surface area contributed by atoms with Crippen molar-refractivity contribution >= 4 is 11.7 Å². The van der Waals surface area contributed by atoms with Gasteiger partial charge in [-0.05, 0) is 55.7 Å². The molecule has 0 unspecified atom stereocenters. The fourth-order valence-electron chi connectivity index (χ4n) is 3.17. The molecule has 0 atom stereocenters. The summed E-state index contributed by atoms with van der Waals surface area (Å²) in [5.74, 6) is 1.13. The van der Waals surface area contributed by atoms with Gasteiger partial charge in [-0.2, -0.15) is 0 Å². The zero-order chi connectivity index (χ0) is 17.1. The van der Waals surface area contributed by atoms with Crippen molar-refractivity contribution in [3.8, 4) is 5.75 Å². The highest BCUT2D eigenvalue weighted by atomic mass is 16.5. The largest absolute Gasteiger partial charge is 0.496 e. The van der Waals surface area contributed by atoms with Crippen molar-refractivity contribution in [1.29, 1.82) is 0 Å². The van der Waals surface area contributed by atoms with Gasteiger partial charge >= 0.3 is 0 Å². The first-order valence-electron chi connectivity index (χ1n) is 8.12. The second-order valence-corrected chi connectivity index (χ2v) is 6.09. The Kier molecular flexibility index (Phi) is 4.69. The molecule has 2 aromatic rings. The van der Waals surface area contributed by atoms with E-state index in [2.05, 4.69) is 0 Å². The lowest BCUT2D eigenvalue weighted by molar-refractivity contribution is 0.0624. The number of hydrogen-bond donors (Lipinski definition) is 0. The molecule has 126 valence electrons. The number of aryl methyl sites for hydroxylation is 1. The van der Waals surface area contributed by atoms with E-state index in [4.69, 9.17) is 9.15 Å². The molecule has 2 heterocycles. The molecule has 5 nitrogen and oxygen atoms in total. The van der Waals surface area contributed by atoms with E-state index in [0.717, 1.165) is 11.3 Å². The third-order valence-electron chi connectivity index (χ3n) is 4.56. The standard InChI is InChI=1S/C19H21NO4/c1-13-12-15(5-6-16(13)23-2)18(21)14-7-9-20(10-8-14)19(22)17-4-3-11-24-17/h3-6,11-12,14H,7-10H2,1-2H3. The number of methoxy groups -OCH3 is 1. The summed E-state index contributed by atoms with van der Waals surface area (Å²) in [6.07, 6.45) is 2.85. The van der Waals surface area contributed by atoms with Gasteiger partial charge in [0, 0.05) is 24.6 Å². The van der Waals surface area contributed by atoms with Crippen molar-refractivity contribution in [1.82, 2.24) is 4.90 Å². The monoisotopic (exact) mass is 327 g/mol. The van der Waals surface area contributed by atoms with Gasteiger partial charge in [0.25, 0.3) is 5.91 Å². The number of furan rings is 1. The van der Waals surface area contributed by atoms with Crippen LogP contribution in [0.3, 0.4) is 0 Å². The molecular formula is C19H21NO4. The Morgan fingerprint density at radius 1 is 1.21 bits per heavy atom. The minimum Gasteiger partial charge on any atom is -0.496 e. The van der Waals surface area contributed by atoms with E-state index < -0.39 is 0 Å². The number of nitrogens with zero attached hydrogens (tertiary/aromatic N) is 1. The third-order valence-corrected chi connectivity index (χ3v) is 4.56. The summed E-state index contributed by atoms with van der Waals surface area (Å²) in [5, 5.41) is 0. The topological polar surface area (TPSA) is 59.8 Å². The molecule has 1 saturated heterocycles. The Morgan fingerprint density at radius 3 is 2.54 bits per heavy atom. The number of ketones is 1. The molecule has 1 amide bonds. The predicted octanol–water partition coefficient (Wildman–Crippen LogP) is 3.33. The molecule has 0 aliphatic carbocycles. The molecular weight excluding hydrogens is 306 g/mol. The van der Waals surface area contributed by atoms with Crippen LogP contribution < -0.4 is 4.74 Å². The normalized spacial score (nSPS) is 15.3. The maximum absolute atomic E-state index is 12.7. The van der Waals surface area contributed by atoms with Gasteiger partial charge in [0.05, 0.1) is 13.4 Å². The van der Waals surface area contributed by atoms with Crippen LogP contribution in [0, 0.1) is 12.8 Å². The number of amides is 1. The summed E-state index contributed by atoms with van der Waals surface area (Å²) >= 11 is 0. The van der Waals surface area contributed by atoms with Crippen LogP contribution in [0.4, 0.5) is 0 Å². The first-order chi connectivity index (χ1) is 11.6. The van der Waals surface area contributed by atoms with E-state index >= 15 is 0 Å². The zero-order valence-electron chi connectivity index (χ0n) is 14.0. The molecule has 0 saturated carbocycles. The lowest BCUT2D eigenvalue weighted by atomic mass is 9.88. The average molecular weight is 327 g/mol. The van der Waals surface area contributed by atoms with Crippen LogP contribution in [0.2, 0.25) is 0 Å². The summed E-state index contributed by atoms with van der Waals surface area (Å²) in [5.41, 5.74) is 1.66. The summed E-state index contributed by atoms with van der Waals surface area (Å²) < 4.78 is 10.4. The number of rotatable bonds is 4. The fraction of sp³-hybridized carbons (Fsp3) is 0.368. The van der Waals surface area contributed by atoms with Crippen molar-refractivity contribution in [3.05, 3.63) is 53.5 Å². The summed E-state index contributed by atoms with van der Waals surface area (Å²) in [4.78, 5) is 26.7. The highest BCUT2D eigenvalue weighted by molar-refractivity contribution is 5.98. The fourth-order valence-corrected chi connectivity index (χ4v) is 3.17. The van der Waals surface area contributed by atoms with Crippen LogP contribution in [0.25, 0.3) is 0 Å². The van der Waals surface area contributed by atoms with E-state index in [1.54, 1.807) is 24.1 Å². The van der Waals surface area contributed by atoms with E-state index in [1.807, 2.05) is 25.1 Å². The highest BCUT2D eigenvalue weighted by Crippen LogP contribution is 2.25. The molecule has 24 heavy (non-hydrogen) atoms. The SMILES string of the molecule is COc1ccc(C(=O)C2CCN(C(=O)c3ccco3)CC2)cc1C. The van der Waals surface area contributed by atoms with E-state index in [-0.39, 0.29) is 17.6 Å². The zero-order valence-corrected chi connectivity index (χ0v) is 14.0. The van der Waals surface area contributed by atoms with Gasteiger partial charge in [0.1, 0.15) is 5.75 Å². The molecule has 0 spiro atoms. The molecule has 1 aromatic carbocycles. The number of hydrogen-bond acceptors (Lipinski definition) is 4. The van der Waals surface area contributed by atoms with Crippen LogP contribution in [-0.4, -0.2) is 36.8 Å². The van der Waals surface area contributed by atoms with E-state index in [0.29, 0.717) is 37.3 Å². The van der Waals surface area contributed by atoms with Gasteiger partial charge in [0.2, 0.25) is 0 Å².